The summed E-state index contributed by atoms with van der Waals surface area (Å²) < 4.78 is 30.8. The third-order valence-electron chi connectivity index (χ3n) is 4.64. The van der Waals surface area contributed by atoms with Crippen LogP contribution in [0.5, 0.6) is 0 Å². The van der Waals surface area contributed by atoms with E-state index in [4.69, 9.17) is 10.3 Å². The number of halogens is 2. The van der Waals surface area contributed by atoms with Crippen molar-refractivity contribution in [2.24, 2.45) is 10.7 Å². The van der Waals surface area contributed by atoms with Crippen molar-refractivity contribution in [3.05, 3.63) is 52.7 Å². The summed E-state index contributed by atoms with van der Waals surface area (Å²) in [5.41, 5.74) is 7.83. The van der Waals surface area contributed by atoms with Gasteiger partial charge in [0.25, 0.3) is 12.3 Å². The van der Waals surface area contributed by atoms with Crippen molar-refractivity contribution in [3.63, 3.8) is 0 Å². The van der Waals surface area contributed by atoms with E-state index in [-0.39, 0.29) is 23.6 Å². The van der Waals surface area contributed by atoms with Crippen LogP contribution < -0.4 is 5.73 Å². The predicted molar refractivity (Wildman–Crippen MR) is 92.9 cm³/mol. The van der Waals surface area contributed by atoms with E-state index in [1.54, 1.807) is 0 Å². The molecular formula is C18H20F2N4O2. The molecule has 0 unspecified atom stereocenters. The summed E-state index contributed by atoms with van der Waals surface area (Å²) in [6.07, 6.45) is -0.0210. The second-order valence-electron chi connectivity index (χ2n) is 6.36. The van der Waals surface area contributed by atoms with Crippen LogP contribution >= 0.6 is 0 Å². The molecule has 2 aromatic rings. The van der Waals surface area contributed by atoms with Gasteiger partial charge in [0.2, 0.25) is 0 Å². The van der Waals surface area contributed by atoms with E-state index < -0.39 is 12.1 Å². The minimum absolute atomic E-state index is 0.0101. The normalized spacial score (nSPS) is 17.0. The Kier molecular flexibility index (Phi) is 4.86. The molecule has 1 aliphatic rings. The van der Waals surface area contributed by atoms with E-state index in [1.165, 1.54) is 7.05 Å². The molecule has 1 fully saturated rings. The zero-order chi connectivity index (χ0) is 18.9. The fourth-order valence-electron chi connectivity index (χ4n) is 3.00. The fraction of sp³-hybridized carbons (Fsp3) is 0.389. The summed E-state index contributed by atoms with van der Waals surface area (Å²) >= 11 is 0. The summed E-state index contributed by atoms with van der Waals surface area (Å²) in [5.74, 6) is 0.457. The number of hydrogen-bond acceptors (Lipinski definition) is 6. The molecule has 0 amide bonds. The van der Waals surface area contributed by atoms with E-state index in [0.29, 0.717) is 5.82 Å². The lowest BCUT2D eigenvalue weighted by atomic mass is 9.90. The van der Waals surface area contributed by atoms with Gasteiger partial charge in [-0.05, 0) is 42.5 Å². The molecule has 3 rings (SSSR count). The van der Waals surface area contributed by atoms with Gasteiger partial charge in [-0.15, -0.1) is 0 Å². The van der Waals surface area contributed by atoms with Gasteiger partial charge in [0.15, 0.2) is 5.82 Å². The van der Waals surface area contributed by atoms with Crippen LogP contribution in [-0.2, 0) is 12.0 Å². The summed E-state index contributed by atoms with van der Waals surface area (Å²) in [6.45, 7) is 1.93. The molecule has 0 spiro atoms. The first-order valence-corrected chi connectivity index (χ1v) is 8.18. The van der Waals surface area contributed by atoms with Gasteiger partial charge in [0, 0.05) is 7.05 Å². The first-order valence-electron chi connectivity index (χ1n) is 8.18. The van der Waals surface area contributed by atoms with Gasteiger partial charge in [-0.2, -0.15) is 4.98 Å². The Hall–Kier alpha value is -2.61. The number of nitrogens with two attached hydrogens (primary N) is 1. The number of aliphatic hydroxyl groups is 1. The van der Waals surface area contributed by atoms with Gasteiger partial charge in [0.1, 0.15) is 5.71 Å². The Morgan fingerprint density at radius 1 is 1.46 bits per heavy atom. The van der Waals surface area contributed by atoms with Crippen molar-refractivity contribution < 1.29 is 18.4 Å². The highest BCUT2D eigenvalue weighted by Gasteiger charge is 2.50. The zero-order valence-electron chi connectivity index (χ0n) is 14.5. The molecule has 138 valence electrons. The maximum Gasteiger partial charge on any atom is 0.279 e. The van der Waals surface area contributed by atoms with E-state index in [9.17, 15) is 13.9 Å². The number of aliphatic imine (C=N–C) groups is 1. The highest BCUT2D eigenvalue weighted by molar-refractivity contribution is 6.01. The van der Waals surface area contributed by atoms with Gasteiger partial charge in [-0.25, -0.2) is 8.78 Å². The Labute approximate surface area is 149 Å². The Bertz CT molecular complexity index is 870. The van der Waals surface area contributed by atoms with E-state index in [1.807, 2.05) is 25.1 Å². The molecule has 6 nitrogen and oxygen atoms in total. The first kappa shape index (κ1) is 18.2. The molecule has 0 aliphatic heterocycles. The average molecular weight is 362 g/mol. The van der Waals surface area contributed by atoms with Crippen molar-refractivity contribution in [1.29, 1.82) is 0 Å². The number of rotatable bonds is 6. The molecule has 1 heterocycles. The molecule has 0 saturated heterocycles. The lowest BCUT2D eigenvalue weighted by molar-refractivity contribution is 0.226. The van der Waals surface area contributed by atoms with Crippen LogP contribution in [0.15, 0.2) is 33.8 Å². The lowest BCUT2D eigenvalue weighted by Gasteiger charge is -2.15. The number of aromatic nitrogens is 2. The predicted octanol–water partition coefficient (Wildman–Crippen LogP) is 2.59. The highest BCUT2D eigenvalue weighted by Crippen LogP contribution is 2.53. The van der Waals surface area contributed by atoms with E-state index in [0.717, 1.165) is 35.6 Å². The molecule has 0 bridgehead atoms. The summed E-state index contributed by atoms with van der Waals surface area (Å²) in [7, 11) is 1.26. The van der Waals surface area contributed by atoms with Crippen molar-refractivity contribution in [1.82, 2.24) is 10.1 Å². The Morgan fingerprint density at radius 2 is 2.19 bits per heavy atom. The van der Waals surface area contributed by atoms with Crippen LogP contribution in [0.2, 0.25) is 0 Å². The Balaban J connectivity index is 1.94. The number of benzene rings is 1. The minimum atomic E-state index is -2.74. The number of hydrogen-bond donors (Lipinski definition) is 2. The van der Waals surface area contributed by atoms with Gasteiger partial charge in [-0.1, -0.05) is 23.4 Å². The van der Waals surface area contributed by atoms with Crippen LogP contribution in [0.25, 0.3) is 5.70 Å². The second kappa shape index (κ2) is 6.95. The SMILES string of the molecule is CN=C(/C=C(\N)c1nc(C2(c3cc(CO)ccc3C)CC2)no1)C(F)F. The maximum atomic E-state index is 12.8. The molecule has 26 heavy (non-hydrogen) atoms. The molecular weight excluding hydrogens is 342 g/mol. The second-order valence-corrected chi connectivity index (χ2v) is 6.36. The van der Waals surface area contributed by atoms with E-state index in [2.05, 4.69) is 15.1 Å². The third-order valence-corrected chi connectivity index (χ3v) is 4.64. The van der Waals surface area contributed by atoms with Crippen LogP contribution in [0.1, 0.15) is 41.2 Å². The van der Waals surface area contributed by atoms with Crippen molar-refractivity contribution >= 4 is 11.4 Å². The van der Waals surface area contributed by atoms with Gasteiger partial charge < -0.3 is 15.4 Å². The first-order chi connectivity index (χ1) is 12.4. The molecule has 1 aromatic heterocycles. The third kappa shape index (κ3) is 3.24. The molecule has 0 radical (unpaired) electrons. The summed E-state index contributed by atoms with van der Waals surface area (Å²) in [6, 6.07) is 5.76. The topological polar surface area (TPSA) is 97.5 Å². The monoisotopic (exact) mass is 362 g/mol. The minimum Gasteiger partial charge on any atom is -0.394 e. The lowest BCUT2D eigenvalue weighted by Crippen LogP contribution is -2.14. The Morgan fingerprint density at radius 3 is 2.77 bits per heavy atom. The summed E-state index contributed by atoms with van der Waals surface area (Å²) in [4.78, 5) is 7.83. The van der Waals surface area contributed by atoms with Crippen LogP contribution in [-0.4, -0.2) is 34.4 Å². The standard InChI is InChI=1S/C18H20F2N4O2/c1-10-3-4-11(9-25)7-12(10)18(5-6-18)17-23-16(26-24-17)13(21)8-14(22-2)15(19)20/h3-4,7-8,15,25H,5-6,9,21H2,1-2H3/b13-8-,22-14?. The summed E-state index contributed by atoms with van der Waals surface area (Å²) in [5, 5.41) is 13.4. The number of alkyl halides is 2. The quantitative estimate of drug-likeness (QED) is 0.770. The molecule has 1 aliphatic carbocycles. The van der Waals surface area contributed by atoms with Gasteiger partial charge in [0.05, 0.1) is 17.7 Å². The highest BCUT2D eigenvalue weighted by atomic mass is 19.3. The largest absolute Gasteiger partial charge is 0.394 e. The maximum absolute atomic E-state index is 12.8. The van der Waals surface area contributed by atoms with Crippen LogP contribution in [0.4, 0.5) is 8.78 Å². The van der Waals surface area contributed by atoms with Crippen molar-refractivity contribution in [2.45, 2.75) is 38.2 Å². The van der Waals surface area contributed by atoms with Gasteiger partial charge >= 0.3 is 0 Å². The van der Waals surface area contributed by atoms with Crippen molar-refractivity contribution in [3.8, 4) is 0 Å². The molecule has 3 N–H and O–H groups in total. The molecule has 8 heteroatoms. The number of allylic oxidation sites excluding steroid dienone is 1. The number of aliphatic hydroxyl groups excluding tert-OH is 1. The number of aryl methyl sites for hydroxylation is 1. The van der Waals surface area contributed by atoms with E-state index >= 15 is 0 Å². The van der Waals surface area contributed by atoms with Crippen LogP contribution in [0.3, 0.4) is 0 Å². The molecule has 1 saturated carbocycles. The molecule has 0 atom stereocenters. The smallest absolute Gasteiger partial charge is 0.279 e. The average Bonchev–Trinajstić information content (AvgIpc) is 3.28. The van der Waals surface area contributed by atoms with Crippen LogP contribution in [0, 0.1) is 6.92 Å². The van der Waals surface area contributed by atoms with Gasteiger partial charge in [-0.3, -0.25) is 4.99 Å². The molecule has 1 aromatic carbocycles. The zero-order valence-corrected chi connectivity index (χ0v) is 14.5. The number of nitrogens with zero attached hydrogens (tertiary/aromatic N) is 3. The van der Waals surface area contributed by atoms with Crippen molar-refractivity contribution in [2.75, 3.05) is 7.05 Å². The fourth-order valence-corrected chi connectivity index (χ4v) is 3.00.